The van der Waals surface area contributed by atoms with Crippen LogP contribution in [-0.2, 0) is 19.6 Å². The molecule has 0 aromatic heterocycles. The van der Waals surface area contributed by atoms with E-state index in [2.05, 4.69) is 5.32 Å². The summed E-state index contributed by atoms with van der Waals surface area (Å²) in [6.07, 6.45) is 1.50. The second-order valence-corrected chi connectivity index (χ2v) is 8.76. The van der Waals surface area contributed by atoms with Gasteiger partial charge in [0.2, 0.25) is 15.9 Å². The van der Waals surface area contributed by atoms with Crippen LogP contribution in [0, 0.1) is 5.92 Å². The molecule has 7 nitrogen and oxygen atoms in total. The molecule has 2 rings (SSSR count). The third-order valence-electron chi connectivity index (χ3n) is 4.68. The molecule has 1 amide bonds. The predicted molar refractivity (Wildman–Crippen MR) is 98.0 cm³/mol. The Morgan fingerprint density at radius 1 is 1.31 bits per heavy atom. The van der Waals surface area contributed by atoms with Crippen molar-refractivity contribution < 1.29 is 23.1 Å². The van der Waals surface area contributed by atoms with Gasteiger partial charge in [-0.15, -0.1) is 0 Å². The van der Waals surface area contributed by atoms with Gasteiger partial charge in [-0.05, 0) is 31.7 Å². The third-order valence-corrected chi connectivity index (χ3v) is 6.53. The maximum absolute atomic E-state index is 12.7. The molecule has 1 heterocycles. The number of nitrogens with one attached hydrogen (secondary N) is 1. The molecule has 1 saturated heterocycles. The Bertz CT molecular complexity index is 720. The van der Waals surface area contributed by atoms with E-state index in [1.165, 1.54) is 4.31 Å². The third kappa shape index (κ3) is 5.54. The fourth-order valence-electron chi connectivity index (χ4n) is 3.16. The number of nitrogens with zero attached hydrogens (tertiary/aromatic N) is 1. The van der Waals surface area contributed by atoms with Gasteiger partial charge in [0, 0.05) is 19.5 Å². The van der Waals surface area contributed by atoms with Crippen molar-refractivity contribution in [2.75, 3.05) is 18.8 Å². The molecule has 0 bridgehead atoms. The van der Waals surface area contributed by atoms with Crippen LogP contribution >= 0.6 is 0 Å². The summed E-state index contributed by atoms with van der Waals surface area (Å²) in [5, 5.41) is 11.9. The molecule has 2 unspecified atom stereocenters. The van der Waals surface area contributed by atoms with Gasteiger partial charge in [0.05, 0.1) is 17.7 Å². The van der Waals surface area contributed by atoms with E-state index < -0.39 is 28.0 Å². The average Bonchev–Trinajstić information content (AvgIpc) is 2.65. The minimum atomic E-state index is -3.31. The Kier molecular flexibility index (Phi) is 7.16. The number of carboxylic acid groups (broad SMARTS) is 1. The first-order chi connectivity index (χ1) is 12.3. The standard InChI is InChI=1S/C18H26N2O5S/c1-2-26(24,25)20-12-6-9-15(13-20)18(23)19-16(10-11-17(21)22)14-7-4-3-5-8-14/h3-5,7-8,15-16H,2,6,9-13H2,1H3,(H,19,23)(H,21,22). The number of rotatable bonds is 8. The van der Waals surface area contributed by atoms with Crippen LogP contribution in [0.15, 0.2) is 30.3 Å². The summed E-state index contributed by atoms with van der Waals surface area (Å²) in [7, 11) is -3.31. The van der Waals surface area contributed by atoms with Gasteiger partial charge >= 0.3 is 5.97 Å². The Morgan fingerprint density at radius 3 is 2.62 bits per heavy atom. The number of piperidine rings is 1. The fraction of sp³-hybridized carbons (Fsp3) is 0.556. The summed E-state index contributed by atoms with van der Waals surface area (Å²) in [5.41, 5.74) is 0.843. The van der Waals surface area contributed by atoms with E-state index in [-0.39, 0.29) is 31.0 Å². The molecule has 0 aliphatic carbocycles. The maximum atomic E-state index is 12.7. The summed E-state index contributed by atoms with van der Waals surface area (Å²) >= 11 is 0. The Labute approximate surface area is 154 Å². The van der Waals surface area contributed by atoms with Crippen molar-refractivity contribution in [1.82, 2.24) is 9.62 Å². The molecule has 144 valence electrons. The van der Waals surface area contributed by atoms with Crippen molar-refractivity contribution >= 4 is 21.9 Å². The van der Waals surface area contributed by atoms with Crippen molar-refractivity contribution in [3.63, 3.8) is 0 Å². The van der Waals surface area contributed by atoms with E-state index in [1.54, 1.807) is 6.92 Å². The Morgan fingerprint density at radius 2 is 2.00 bits per heavy atom. The van der Waals surface area contributed by atoms with Crippen LogP contribution in [0.1, 0.15) is 44.2 Å². The second-order valence-electron chi connectivity index (χ2n) is 6.50. The SMILES string of the molecule is CCS(=O)(=O)N1CCCC(C(=O)NC(CCC(=O)O)c2ccccc2)C1. The summed E-state index contributed by atoms with van der Waals surface area (Å²) in [4.78, 5) is 23.6. The number of amides is 1. The molecule has 1 fully saturated rings. The van der Waals surface area contributed by atoms with Gasteiger partial charge < -0.3 is 10.4 Å². The van der Waals surface area contributed by atoms with Gasteiger partial charge in [-0.3, -0.25) is 9.59 Å². The molecule has 0 radical (unpaired) electrons. The van der Waals surface area contributed by atoms with Gasteiger partial charge in [0.25, 0.3) is 0 Å². The molecule has 2 N–H and O–H groups in total. The molecule has 26 heavy (non-hydrogen) atoms. The van der Waals surface area contributed by atoms with E-state index >= 15 is 0 Å². The predicted octanol–water partition coefficient (Wildman–Crippen LogP) is 1.77. The van der Waals surface area contributed by atoms with Crippen molar-refractivity contribution in [3.8, 4) is 0 Å². The average molecular weight is 382 g/mol. The zero-order valence-electron chi connectivity index (χ0n) is 14.9. The molecule has 1 aliphatic heterocycles. The minimum Gasteiger partial charge on any atom is -0.481 e. The van der Waals surface area contributed by atoms with Crippen molar-refractivity contribution in [2.45, 2.75) is 38.6 Å². The van der Waals surface area contributed by atoms with Crippen molar-refractivity contribution in [2.24, 2.45) is 5.92 Å². The Hall–Kier alpha value is -1.93. The largest absolute Gasteiger partial charge is 0.481 e. The van der Waals surface area contributed by atoms with Gasteiger partial charge in [0.1, 0.15) is 0 Å². The first-order valence-corrected chi connectivity index (χ1v) is 10.5. The summed E-state index contributed by atoms with van der Waals surface area (Å²) in [5.74, 6) is -1.54. The number of carbonyl (C=O) groups is 2. The van der Waals surface area contributed by atoms with Crippen molar-refractivity contribution in [1.29, 1.82) is 0 Å². The summed E-state index contributed by atoms with van der Waals surface area (Å²) < 4.78 is 25.5. The lowest BCUT2D eigenvalue weighted by atomic mass is 9.96. The topological polar surface area (TPSA) is 104 Å². The van der Waals surface area contributed by atoms with Crippen LogP contribution in [-0.4, -0.2) is 48.5 Å². The number of aliphatic carboxylic acids is 1. The lowest BCUT2D eigenvalue weighted by Gasteiger charge is -2.32. The van der Waals surface area contributed by atoms with E-state index in [0.29, 0.717) is 19.4 Å². The van der Waals surface area contributed by atoms with E-state index in [0.717, 1.165) is 5.56 Å². The molecular weight excluding hydrogens is 356 g/mol. The molecule has 8 heteroatoms. The molecule has 0 saturated carbocycles. The van der Waals surface area contributed by atoms with Gasteiger partial charge in [-0.25, -0.2) is 12.7 Å². The second kappa shape index (κ2) is 9.14. The zero-order chi connectivity index (χ0) is 19.2. The number of hydrogen-bond donors (Lipinski definition) is 2. The monoisotopic (exact) mass is 382 g/mol. The lowest BCUT2D eigenvalue weighted by molar-refractivity contribution is -0.137. The van der Waals surface area contributed by atoms with Crippen LogP contribution in [0.2, 0.25) is 0 Å². The fourth-order valence-corrected chi connectivity index (χ4v) is 4.34. The highest BCUT2D eigenvalue weighted by atomic mass is 32.2. The molecule has 1 aromatic carbocycles. The number of sulfonamides is 1. The van der Waals surface area contributed by atoms with Crippen LogP contribution in [0.4, 0.5) is 0 Å². The lowest BCUT2D eigenvalue weighted by Crippen LogP contribution is -2.46. The number of benzene rings is 1. The quantitative estimate of drug-likeness (QED) is 0.713. The van der Waals surface area contributed by atoms with Crippen LogP contribution in [0.3, 0.4) is 0 Å². The summed E-state index contributed by atoms with van der Waals surface area (Å²) in [6, 6.07) is 8.83. The highest BCUT2D eigenvalue weighted by Gasteiger charge is 2.32. The number of carbonyl (C=O) groups excluding carboxylic acids is 1. The van der Waals surface area contributed by atoms with Gasteiger partial charge in [0.15, 0.2) is 0 Å². The van der Waals surface area contributed by atoms with Crippen LogP contribution < -0.4 is 5.32 Å². The molecule has 0 spiro atoms. The molecule has 1 aromatic rings. The van der Waals surface area contributed by atoms with E-state index in [4.69, 9.17) is 5.11 Å². The maximum Gasteiger partial charge on any atom is 0.303 e. The highest BCUT2D eigenvalue weighted by molar-refractivity contribution is 7.89. The molecule has 1 aliphatic rings. The highest BCUT2D eigenvalue weighted by Crippen LogP contribution is 2.23. The first kappa shape index (κ1) is 20.4. The normalized spacial score (nSPS) is 19.7. The smallest absolute Gasteiger partial charge is 0.303 e. The first-order valence-electron chi connectivity index (χ1n) is 8.88. The number of carboxylic acids is 1. The van der Waals surface area contributed by atoms with Crippen LogP contribution in [0.5, 0.6) is 0 Å². The van der Waals surface area contributed by atoms with Gasteiger partial charge in [-0.2, -0.15) is 0 Å². The number of hydrogen-bond acceptors (Lipinski definition) is 4. The molecular formula is C18H26N2O5S. The van der Waals surface area contributed by atoms with E-state index in [1.807, 2.05) is 30.3 Å². The Balaban J connectivity index is 2.07. The minimum absolute atomic E-state index is 0.0204. The van der Waals surface area contributed by atoms with Crippen molar-refractivity contribution in [3.05, 3.63) is 35.9 Å². The summed E-state index contributed by atoms with van der Waals surface area (Å²) in [6.45, 7) is 2.22. The zero-order valence-corrected chi connectivity index (χ0v) is 15.7. The van der Waals surface area contributed by atoms with Gasteiger partial charge in [-0.1, -0.05) is 30.3 Å². The van der Waals surface area contributed by atoms with E-state index in [9.17, 15) is 18.0 Å². The molecule has 2 atom stereocenters. The van der Waals surface area contributed by atoms with Crippen LogP contribution in [0.25, 0.3) is 0 Å².